The molecule has 0 radical (unpaired) electrons. The van der Waals surface area contributed by atoms with Gasteiger partial charge in [-0.25, -0.2) is 9.97 Å². The van der Waals surface area contributed by atoms with Crippen LogP contribution >= 0.6 is 11.6 Å². The summed E-state index contributed by atoms with van der Waals surface area (Å²) in [6, 6.07) is 18.2. The maximum atomic E-state index is 6.51. The van der Waals surface area contributed by atoms with Crippen molar-refractivity contribution in [2.75, 3.05) is 31.2 Å². The van der Waals surface area contributed by atoms with Crippen LogP contribution in [0, 0.1) is 0 Å². The Morgan fingerprint density at radius 3 is 2.43 bits per heavy atom. The van der Waals surface area contributed by atoms with E-state index in [-0.39, 0.29) is 0 Å². The SMILES string of the molecule is Clc1ccccc1-n1cc(-c2ccccc2)c2c(N3CCOCC3)ncnc21. The van der Waals surface area contributed by atoms with E-state index in [1.165, 1.54) is 0 Å². The minimum absolute atomic E-state index is 0.686. The zero-order valence-electron chi connectivity index (χ0n) is 15.3. The Hall–Kier alpha value is -2.89. The maximum absolute atomic E-state index is 6.51. The third kappa shape index (κ3) is 2.93. The smallest absolute Gasteiger partial charge is 0.150 e. The van der Waals surface area contributed by atoms with Gasteiger partial charge in [0.1, 0.15) is 12.1 Å². The van der Waals surface area contributed by atoms with Crippen LogP contribution in [0.2, 0.25) is 5.02 Å². The maximum Gasteiger partial charge on any atom is 0.150 e. The molecular formula is C22H19ClN4O. The van der Waals surface area contributed by atoms with Crippen LogP contribution in [-0.2, 0) is 4.74 Å². The minimum atomic E-state index is 0.686. The summed E-state index contributed by atoms with van der Waals surface area (Å²) in [4.78, 5) is 11.6. The second-order valence-electron chi connectivity index (χ2n) is 6.73. The molecule has 5 nitrogen and oxygen atoms in total. The molecule has 5 rings (SSSR count). The van der Waals surface area contributed by atoms with Crippen LogP contribution in [-0.4, -0.2) is 40.8 Å². The number of halogens is 1. The second kappa shape index (κ2) is 7.26. The molecule has 4 aromatic rings. The second-order valence-corrected chi connectivity index (χ2v) is 7.13. The summed E-state index contributed by atoms with van der Waals surface area (Å²) in [7, 11) is 0. The van der Waals surface area contributed by atoms with E-state index in [1.807, 2.05) is 42.5 Å². The molecule has 0 unspecified atom stereocenters. The van der Waals surface area contributed by atoms with Gasteiger partial charge in [0.25, 0.3) is 0 Å². The lowest BCUT2D eigenvalue weighted by Crippen LogP contribution is -2.36. The molecule has 28 heavy (non-hydrogen) atoms. The van der Waals surface area contributed by atoms with Gasteiger partial charge in [-0.15, -0.1) is 0 Å². The lowest BCUT2D eigenvalue weighted by molar-refractivity contribution is 0.122. The van der Waals surface area contributed by atoms with Crippen molar-refractivity contribution in [3.63, 3.8) is 0 Å². The average molecular weight is 391 g/mol. The molecule has 0 saturated carbocycles. The van der Waals surface area contributed by atoms with Gasteiger partial charge in [-0.05, 0) is 17.7 Å². The molecule has 1 saturated heterocycles. The summed E-state index contributed by atoms with van der Waals surface area (Å²) >= 11 is 6.51. The number of anilines is 1. The highest BCUT2D eigenvalue weighted by atomic mass is 35.5. The summed E-state index contributed by atoms with van der Waals surface area (Å²) in [6.07, 6.45) is 3.75. The van der Waals surface area contributed by atoms with E-state index in [9.17, 15) is 0 Å². The molecule has 0 amide bonds. The van der Waals surface area contributed by atoms with Crippen molar-refractivity contribution >= 4 is 28.5 Å². The lowest BCUT2D eigenvalue weighted by Gasteiger charge is -2.28. The summed E-state index contributed by atoms with van der Waals surface area (Å²) in [6.45, 7) is 3.05. The molecule has 2 aromatic heterocycles. The van der Waals surface area contributed by atoms with E-state index >= 15 is 0 Å². The molecule has 0 spiro atoms. The monoisotopic (exact) mass is 390 g/mol. The molecule has 140 valence electrons. The fourth-order valence-electron chi connectivity index (χ4n) is 3.73. The van der Waals surface area contributed by atoms with E-state index in [4.69, 9.17) is 16.3 Å². The summed E-state index contributed by atoms with van der Waals surface area (Å²) in [5.41, 5.74) is 3.98. The van der Waals surface area contributed by atoms with Crippen LogP contribution in [0.25, 0.3) is 27.8 Å². The van der Waals surface area contributed by atoms with E-state index < -0.39 is 0 Å². The third-order valence-corrected chi connectivity index (χ3v) is 5.39. The molecule has 0 aliphatic carbocycles. The Morgan fingerprint density at radius 2 is 1.64 bits per heavy atom. The number of nitrogens with zero attached hydrogens (tertiary/aromatic N) is 4. The summed E-state index contributed by atoms with van der Waals surface area (Å²) < 4.78 is 7.59. The molecular weight excluding hydrogens is 372 g/mol. The first-order chi connectivity index (χ1) is 13.8. The van der Waals surface area contributed by atoms with Crippen LogP contribution in [0.4, 0.5) is 5.82 Å². The summed E-state index contributed by atoms with van der Waals surface area (Å²) in [5, 5.41) is 1.72. The van der Waals surface area contributed by atoms with Crippen molar-refractivity contribution in [2.24, 2.45) is 0 Å². The van der Waals surface area contributed by atoms with Gasteiger partial charge in [0.05, 0.1) is 29.3 Å². The standard InChI is InChI=1S/C22H19ClN4O/c23-18-8-4-5-9-19(18)27-14-17(16-6-2-1-3-7-16)20-21(24-15-25-22(20)27)26-10-12-28-13-11-26/h1-9,14-15H,10-13H2. The van der Waals surface area contributed by atoms with Crippen molar-refractivity contribution in [1.82, 2.24) is 14.5 Å². The normalized spacial score (nSPS) is 14.5. The highest BCUT2D eigenvalue weighted by Crippen LogP contribution is 2.37. The van der Waals surface area contributed by atoms with Crippen molar-refractivity contribution in [2.45, 2.75) is 0 Å². The first-order valence-corrected chi connectivity index (χ1v) is 9.70. The topological polar surface area (TPSA) is 43.2 Å². The Labute approximate surface area is 168 Å². The molecule has 2 aromatic carbocycles. The third-order valence-electron chi connectivity index (χ3n) is 5.07. The molecule has 0 atom stereocenters. The number of hydrogen-bond acceptors (Lipinski definition) is 4. The predicted molar refractivity (Wildman–Crippen MR) is 112 cm³/mol. The van der Waals surface area contributed by atoms with Crippen molar-refractivity contribution in [3.8, 4) is 16.8 Å². The van der Waals surface area contributed by atoms with Gasteiger partial charge in [-0.2, -0.15) is 0 Å². The molecule has 1 aliphatic heterocycles. The number of benzene rings is 2. The van der Waals surface area contributed by atoms with Crippen LogP contribution in [0.5, 0.6) is 0 Å². The van der Waals surface area contributed by atoms with Crippen LogP contribution in [0.1, 0.15) is 0 Å². The fraction of sp³-hybridized carbons (Fsp3) is 0.182. The van der Waals surface area contributed by atoms with Gasteiger partial charge in [-0.3, -0.25) is 4.57 Å². The highest BCUT2D eigenvalue weighted by Gasteiger charge is 2.22. The molecule has 1 fully saturated rings. The quantitative estimate of drug-likeness (QED) is 0.513. The van der Waals surface area contributed by atoms with Gasteiger partial charge >= 0.3 is 0 Å². The molecule has 3 heterocycles. The Balaban J connectivity index is 1.80. The van der Waals surface area contributed by atoms with Gasteiger partial charge in [0.15, 0.2) is 5.65 Å². The van der Waals surface area contributed by atoms with Crippen LogP contribution < -0.4 is 4.90 Å². The zero-order valence-corrected chi connectivity index (χ0v) is 16.0. The zero-order chi connectivity index (χ0) is 18.9. The Kier molecular flexibility index (Phi) is 4.47. The number of ether oxygens (including phenoxy) is 1. The fourth-order valence-corrected chi connectivity index (χ4v) is 3.95. The number of fused-ring (bicyclic) bond motifs is 1. The van der Waals surface area contributed by atoms with E-state index in [2.05, 4.69) is 37.8 Å². The van der Waals surface area contributed by atoms with E-state index in [1.54, 1.807) is 6.33 Å². The Bertz CT molecular complexity index is 1120. The largest absolute Gasteiger partial charge is 0.378 e. The molecule has 0 N–H and O–H groups in total. The number of rotatable bonds is 3. The van der Waals surface area contributed by atoms with Gasteiger partial charge in [0.2, 0.25) is 0 Å². The number of para-hydroxylation sites is 1. The predicted octanol–water partition coefficient (Wildman–Crippen LogP) is 4.58. The number of morpholine rings is 1. The number of hydrogen-bond donors (Lipinski definition) is 0. The first-order valence-electron chi connectivity index (χ1n) is 9.32. The number of aromatic nitrogens is 3. The van der Waals surface area contributed by atoms with Crippen LogP contribution in [0.3, 0.4) is 0 Å². The van der Waals surface area contributed by atoms with Gasteiger partial charge in [0, 0.05) is 24.8 Å². The Morgan fingerprint density at radius 1 is 0.893 bits per heavy atom. The summed E-state index contributed by atoms with van der Waals surface area (Å²) in [5.74, 6) is 0.943. The van der Waals surface area contributed by atoms with E-state index in [0.29, 0.717) is 18.2 Å². The van der Waals surface area contributed by atoms with E-state index in [0.717, 1.165) is 46.8 Å². The molecule has 6 heteroatoms. The van der Waals surface area contributed by atoms with Gasteiger partial charge < -0.3 is 9.64 Å². The lowest BCUT2D eigenvalue weighted by atomic mass is 10.1. The highest BCUT2D eigenvalue weighted by molar-refractivity contribution is 6.32. The van der Waals surface area contributed by atoms with Crippen molar-refractivity contribution in [3.05, 3.63) is 72.1 Å². The van der Waals surface area contributed by atoms with Crippen molar-refractivity contribution < 1.29 is 4.74 Å². The van der Waals surface area contributed by atoms with Crippen LogP contribution in [0.15, 0.2) is 67.1 Å². The van der Waals surface area contributed by atoms with Gasteiger partial charge in [-0.1, -0.05) is 54.1 Å². The average Bonchev–Trinajstić information content (AvgIpc) is 3.15. The van der Waals surface area contributed by atoms with Crippen molar-refractivity contribution in [1.29, 1.82) is 0 Å². The first kappa shape index (κ1) is 17.2. The molecule has 1 aliphatic rings. The minimum Gasteiger partial charge on any atom is -0.378 e. The molecule has 0 bridgehead atoms.